The van der Waals surface area contributed by atoms with Crippen molar-refractivity contribution in [2.75, 3.05) is 12.3 Å². The molecule has 0 radical (unpaired) electrons. The Kier molecular flexibility index (Phi) is 4.70. The molecule has 0 atom stereocenters. The zero-order valence-electron chi connectivity index (χ0n) is 3.92. The van der Waals surface area contributed by atoms with E-state index in [4.69, 9.17) is 5.73 Å². The van der Waals surface area contributed by atoms with Crippen molar-refractivity contribution >= 4 is 20.5 Å². The van der Waals surface area contributed by atoms with Crippen LogP contribution < -0.4 is 5.73 Å². The van der Waals surface area contributed by atoms with Gasteiger partial charge in [0.15, 0.2) is 0 Å². The predicted octanol–water partition coefficient (Wildman–Crippen LogP) is -0.239. The molecule has 0 aliphatic heterocycles. The van der Waals surface area contributed by atoms with Gasteiger partial charge in [-0.25, -0.2) is 20.5 Å². The molecule has 44 valence electrons. The topological polar surface area (TPSA) is 43.1 Å². The van der Waals surface area contributed by atoms with Crippen molar-refractivity contribution in [3.63, 3.8) is 0 Å². The van der Waals surface area contributed by atoms with E-state index in [1.807, 2.05) is 0 Å². The van der Waals surface area contributed by atoms with E-state index in [1.165, 1.54) is 0 Å². The highest BCUT2D eigenvalue weighted by Crippen LogP contribution is 1.73. The van der Waals surface area contributed by atoms with Gasteiger partial charge in [0.1, 0.15) is 0 Å². The minimum Gasteiger partial charge on any atom is -0.451 e. The quantitative estimate of drug-likeness (QED) is 0.547. The van der Waals surface area contributed by atoms with E-state index < -0.39 is 9.36 Å². The molecular weight excluding hydrogens is 130 g/mol. The molecule has 0 unspecified atom stereocenters. The molecule has 0 aromatic rings. The van der Waals surface area contributed by atoms with Crippen molar-refractivity contribution in [1.82, 2.24) is 0 Å². The first-order valence-corrected chi connectivity index (χ1v) is 4.27. The minimum atomic E-state index is -1.06. The van der Waals surface area contributed by atoms with Gasteiger partial charge in [-0.3, -0.25) is 0 Å². The van der Waals surface area contributed by atoms with Crippen LogP contribution in [0.3, 0.4) is 0 Å². The maximum absolute atomic E-state index is 10.1. The zero-order valence-corrected chi connectivity index (χ0v) is 5.56. The highest BCUT2D eigenvalue weighted by molar-refractivity contribution is 8.21. The van der Waals surface area contributed by atoms with Crippen molar-refractivity contribution in [3.8, 4) is 0 Å². The largest absolute Gasteiger partial charge is 0.451 e. The predicted molar refractivity (Wildman–Crippen MR) is 34.0 cm³/mol. The molecule has 0 aromatic carbocycles. The summed E-state index contributed by atoms with van der Waals surface area (Å²) in [7, 11) is -1.06. The fourth-order valence-electron chi connectivity index (χ4n) is 0.201. The smallest absolute Gasteiger partial charge is 0.00934 e. The van der Waals surface area contributed by atoms with Crippen LogP contribution >= 0.6 is 0 Å². The Morgan fingerprint density at radius 2 is 2.29 bits per heavy atom. The van der Waals surface area contributed by atoms with Crippen LogP contribution in [0.25, 0.3) is 0 Å². The van der Waals surface area contributed by atoms with Crippen LogP contribution in [-0.4, -0.2) is 12.3 Å². The Morgan fingerprint density at radius 1 is 1.71 bits per heavy atom. The molecule has 0 spiro atoms. The van der Waals surface area contributed by atoms with Crippen molar-refractivity contribution in [3.05, 3.63) is 0 Å². The van der Waals surface area contributed by atoms with Gasteiger partial charge in [-0.2, -0.15) is 0 Å². The Balaban J connectivity index is 2.98. The second kappa shape index (κ2) is 4.49. The number of hydrogen-bond donors (Lipinski definition) is 1. The van der Waals surface area contributed by atoms with E-state index in [1.54, 1.807) is 0 Å². The number of rotatable bonds is 3. The second-order valence-electron chi connectivity index (χ2n) is 1.15. The Morgan fingerprint density at radius 3 is 2.43 bits per heavy atom. The van der Waals surface area contributed by atoms with E-state index >= 15 is 0 Å². The minimum absolute atomic E-state index is 0.561. The van der Waals surface area contributed by atoms with Crippen molar-refractivity contribution in [1.29, 1.82) is 0 Å². The Bertz CT molecular complexity index is 91.1. The van der Waals surface area contributed by atoms with Gasteiger partial charge in [0.05, 0.1) is 0 Å². The van der Waals surface area contributed by atoms with Crippen LogP contribution in [0.4, 0.5) is 0 Å². The molecule has 2 nitrogen and oxygen atoms in total. The molecule has 0 rings (SSSR count). The van der Waals surface area contributed by atoms with Crippen LogP contribution in [0, 0.1) is 0 Å². The molecule has 0 bridgehead atoms. The highest BCUT2D eigenvalue weighted by atomic mass is 32.8. The van der Waals surface area contributed by atoms with Gasteiger partial charge >= 0.3 is 0 Å². The molecule has 0 aliphatic carbocycles. The van der Waals surface area contributed by atoms with Crippen molar-refractivity contribution in [2.45, 2.75) is 6.42 Å². The summed E-state index contributed by atoms with van der Waals surface area (Å²) >= 11 is 4.36. The molecule has 0 heterocycles. The lowest BCUT2D eigenvalue weighted by molar-refractivity contribution is 0.603. The zero-order chi connectivity index (χ0) is 5.70. The van der Waals surface area contributed by atoms with E-state index in [0.29, 0.717) is 12.3 Å². The van der Waals surface area contributed by atoms with Gasteiger partial charge in [0, 0.05) is 0 Å². The van der Waals surface area contributed by atoms with Crippen LogP contribution in [-0.2, 0) is 24.8 Å². The Labute approximate surface area is 49.8 Å². The van der Waals surface area contributed by atoms with Gasteiger partial charge < -0.3 is 9.94 Å². The summed E-state index contributed by atoms with van der Waals surface area (Å²) < 4.78 is 10.1. The monoisotopic (exact) mass is 138 g/mol. The molecule has 4 heteroatoms. The molecule has 2 N–H and O–H groups in total. The summed E-state index contributed by atoms with van der Waals surface area (Å²) in [5, 5.41) is 0. The highest BCUT2D eigenvalue weighted by Gasteiger charge is 1.70. The average Bonchev–Trinajstić information content (AvgIpc) is 1.61. The van der Waals surface area contributed by atoms with Crippen LogP contribution in [0.15, 0.2) is 0 Å². The van der Waals surface area contributed by atoms with E-state index in [0.717, 1.165) is 6.42 Å². The van der Waals surface area contributed by atoms with Gasteiger partial charge in [0.25, 0.3) is 0 Å². The molecule has 0 fully saturated rings. The van der Waals surface area contributed by atoms with Gasteiger partial charge in [-0.15, -0.1) is 0 Å². The van der Waals surface area contributed by atoms with Crippen molar-refractivity contribution in [2.24, 2.45) is 5.73 Å². The van der Waals surface area contributed by atoms with Crippen LogP contribution in [0.1, 0.15) is 6.42 Å². The van der Waals surface area contributed by atoms with Gasteiger partial charge in [0.2, 0.25) is 0 Å². The normalized spacial score (nSPS) is 10.0. The molecule has 0 saturated heterocycles. The van der Waals surface area contributed by atoms with E-state index in [2.05, 4.69) is 11.2 Å². The summed E-state index contributed by atoms with van der Waals surface area (Å²) in [5.74, 6) is 0.561. The molecule has 0 aromatic heterocycles. The number of nitrogens with two attached hydrogens (primary N) is 1. The average molecular weight is 138 g/mol. The lowest BCUT2D eigenvalue weighted by Gasteiger charge is -1.93. The lowest BCUT2D eigenvalue weighted by atomic mass is 10.5. The second-order valence-corrected chi connectivity index (χ2v) is 3.28. The summed E-state index contributed by atoms with van der Waals surface area (Å²) in [6.07, 6.45) is 0.774. The van der Waals surface area contributed by atoms with E-state index in [9.17, 15) is 4.21 Å². The summed E-state index contributed by atoms with van der Waals surface area (Å²) in [4.78, 5) is 0. The number of hydrogen-bond acceptors (Lipinski definition) is 4. The standard InChI is InChI=1S/C3H8NOS2/c4-2-1-3-7(5)6/h1-4H2/q-1. The summed E-state index contributed by atoms with van der Waals surface area (Å²) in [6.45, 7) is 0.586. The van der Waals surface area contributed by atoms with E-state index in [-0.39, 0.29) is 0 Å². The Hall–Kier alpha value is 0.330. The fourth-order valence-corrected chi connectivity index (χ4v) is 0.957. The molecule has 0 saturated carbocycles. The third-order valence-electron chi connectivity index (χ3n) is 0.515. The third-order valence-corrected chi connectivity index (χ3v) is 1.64. The maximum atomic E-state index is 10.1. The third kappa shape index (κ3) is 6.33. The maximum Gasteiger partial charge on any atom is -0.00934 e. The van der Waals surface area contributed by atoms with Gasteiger partial charge in [-0.05, 0) is 6.54 Å². The molecule has 0 aliphatic rings. The van der Waals surface area contributed by atoms with Gasteiger partial charge in [-0.1, -0.05) is 12.2 Å². The first-order valence-electron chi connectivity index (χ1n) is 2.03. The first-order chi connectivity index (χ1) is 3.27. The molecular formula is C3H8NOS2-. The SMILES string of the molecule is NCCC[S-](=O)=S. The lowest BCUT2D eigenvalue weighted by Crippen LogP contribution is -2.01. The molecule has 7 heavy (non-hydrogen) atoms. The van der Waals surface area contributed by atoms with Crippen LogP contribution in [0.5, 0.6) is 0 Å². The van der Waals surface area contributed by atoms with Crippen LogP contribution in [0.2, 0.25) is 0 Å². The summed E-state index contributed by atoms with van der Waals surface area (Å²) in [5.41, 5.74) is 5.10. The molecule has 0 amide bonds. The fraction of sp³-hybridized carbons (Fsp3) is 1.00. The summed E-state index contributed by atoms with van der Waals surface area (Å²) in [6, 6.07) is 0. The van der Waals surface area contributed by atoms with Crippen molar-refractivity contribution < 1.29 is 4.21 Å². The first kappa shape index (κ1) is 7.33.